The Balaban J connectivity index is 0.000000160. The normalized spacial score (nSPS) is 24.7. The van der Waals surface area contributed by atoms with E-state index in [4.69, 9.17) is 4.74 Å². The Morgan fingerprint density at radius 3 is 1.40 bits per heavy atom. The molecule has 8 nitrogen and oxygen atoms in total. The molecule has 3 amide bonds. The Labute approximate surface area is 436 Å². The minimum absolute atomic E-state index is 0.147. The summed E-state index contributed by atoms with van der Waals surface area (Å²) >= 11 is 0. The van der Waals surface area contributed by atoms with Gasteiger partial charge in [-0.05, 0) is 131 Å². The lowest BCUT2D eigenvalue weighted by atomic mass is 9.81. The molecule has 0 aromatic heterocycles. The van der Waals surface area contributed by atoms with Crippen LogP contribution >= 0.6 is 0 Å². The summed E-state index contributed by atoms with van der Waals surface area (Å²) in [5.74, 6) is 3.12. The van der Waals surface area contributed by atoms with Crippen LogP contribution < -0.4 is 5.32 Å². The Hall–Kier alpha value is -5.11. The fourth-order valence-corrected chi connectivity index (χ4v) is 11.7. The Morgan fingerprint density at radius 2 is 0.972 bits per heavy atom. The molecule has 4 fully saturated rings. The molecule has 0 bridgehead atoms. The van der Waals surface area contributed by atoms with Crippen molar-refractivity contribution < 1.29 is 19.1 Å². The van der Waals surface area contributed by atoms with Crippen LogP contribution in [-0.2, 0) is 20.9 Å². The van der Waals surface area contributed by atoms with Crippen LogP contribution in [0.15, 0.2) is 141 Å². The summed E-state index contributed by atoms with van der Waals surface area (Å²) in [6, 6.07) is 11.1. The first kappa shape index (κ1) is 56.2. The smallest absolute Gasteiger partial charge is 0.414 e. The minimum atomic E-state index is -0.498. The van der Waals surface area contributed by atoms with Crippen molar-refractivity contribution in [3.63, 3.8) is 0 Å². The highest BCUT2D eigenvalue weighted by atomic mass is 16.6. The molecule has 4 aliphatic heterocycles. The zero-order valence-electron chi connectivity index (χ0n) is 45.1. The van der Waals surface area contributed by atoms with E-state index in [2.05, 4.69) is 87.5 Å². The maximum absolute atomic E-state index is 12.7. The van der Waals surface area contributed by atoms with Crippen LogP contribution in [0.1, 0.15) is 175 Å². The maximum atomic E-state index is 12.7. The molecule has 1 N–H and O–H groups in total. The number of carbonyl (C=O) groups excluding carboxylic acids is 3. The van der Waals surface area contributed by atoms with E-state index in [9.17, 15) is 14.4 Å². The van der Waals surface area contributed by atoms with Crippen LogP contribution in [0.2, 0.25) is 0 Å². The number of dihydropyridines is 1. The summed E-state index contributed by atoms with van der Waals surface area (Å²) in [4.78, 5) is 43.6. The van der Waals surface area contributed by atoms with E-state index < -0.39 is 5.41 Å². The second-order valence-corrected chi connectivity index (χ2v) is 22.7. The van der Waals surface area contributed by atoms with Gasteiger partial charge in [0.15, 0.2) is 0 Å². The maximum Gasteiger partial charge on any atom is 0.414 e. The van der Waals surface area contributed by atoms with E-state index in [1.807, 2.05) is 96.9 Å². The monoisotopic (exact) mass is 981 g/mol. The lowest BCUT2D eigenvalue weighted by molar-refractivity contribution is -0.140. The van der Waals surface area contributed by atoms with Crippen molar-refractivity contribution in [2.45, 2.75) is 200 Å². The SMILES string of the molecule is C1=CNC(C2CCCCC2)C=C1.C=CC(C)(C)C(=O)N1C=CC=CC1C1CCCCC1.CCC(C)(C)C(=O)N1C=CC=CC1C1CCCCC1.O=C(OCc1ccccc1)N1C=CC=CC1C1CCCCC1. The number of hydrogen-bond donors (Lipinski definition) is 1. The molecule has 4 unspecified atom stereocenters. The summed E-state index contributed by atoms with van der Waals surface area (Å²) in [7, 11) is 0. The van der Waals surface area contributed by atoms with E-state index in [0.29, 0.717) is 30.4 Å². The van der Waals surface area contributed by atoms with Crippen LogP contribution in [0.3, 0.4) is 0 Å². The Kier molecular flexibility index (Phi) is 22.6. The zero-order chi connectivity index (χ0) is 51.2. The molecule has 0 spiro atoms. The van der Waals surface area contributed by atoms with Crippen molar-refractivity contribution in [1.82, 2.24) is 20.0 Å². The molecule has 4 heterocycles. The third-order valence-corrected chi connectivity index (χ3v) is 16.7. The predicted molar refractivity (Wildman–Crippen MR) is 298 cm³/mol. The largest absolute Gasteiger partial charge is 0.444 e. The summed E-state index contributed by atoms with van der Waals surface area (Å²) < 4.78 is 5.49. The third kappa shape index (κ3) is 16.5. The first-order chi connectivity index (χ1) is 34.9. The fourth-order valence-electron chi connectivity index (χ4n) is 11.7. The summed E-state index contributed by atoms with van der Waals surface area (Å²) in [6.45, 7) is 14.2. The van der Waals surface area contributed by atoms with Gasteiger partial charge in [0.05, 0.1) is 23.5 Å². The van der Waals surface area contributed by atoms with Crippen LogP contribution in [0.5, 0.6) is 0 Å². The average molecular weight is 981 g/mol. The molecule has 8 heteroatoms. The van der Waals surface area contributed by atoms with Crippen molar-refractivity contribution in [2.75, 3.05) is 0 Å². The van der Waals surface area contributed by atoms with Gasteiger partial charge in [-0.15, -0.1) is 6.58 Å². The summed E-state index contributed by atoms with van der Waals surface area (Å²) in [5.41, 5.74) is 0.256. The van der Waals surface area contributed by atoms with Crippen LogP contribution in [0, 0.1) is 34.5 Å². The molecule has 4 atom stereocenters. The number of nitrogens with zero attached hydrogens (tertiary/aromatic N) is 3. The van der Waals surface area contributed by atoms with Crippen molar-refractivity contribution >= 4 is 17.9 Å². The lowest BCUT2D eigenvalue weighted by Gasteiger charge is -2.40. The topological polar surface area (TPSA) is 82.2 Å². The fraction of sp³-hybridized carbons (Fsp3) is 0.578. The van der Waals surface area contributed by atoms with E-state index in [-0.39, 0.29) is 41.4 Å². The molecule has 1 aromatic carbocycles. The molecule has 72 heavy (non-hydrogen) atoms. The van der Waals surface area contributed by atoms with E-state index in [1.165, 1.54) is 128 Å². The van der Waals surface area contributed by atoms with Gasteiger partial charge in [-0.2, -0.15) is 0 Å². The van der Waals surface area contributed by atoms with E-state index in [1.54, 1.807) is 11.0 Å². The van der Waals surface area contributed by atoms with Gasteiger partial charge in [-0.3, -0.25) is 14.5 Å². The standard InChI is InChI=1S/C19H23NO2.C17H27NO.C17H25NO.C11H17N/c21-19(22-15-16-9-3-1-4-10-16)20-14-8-7-13-18(20)17-11-5-2-6-12-17;2*1-4-17(2,3)16(19)18-13-9-8-12-15(18)14-10-6-5-7-11-14;1-2-6-10(7-3-1)11-8-4-5-9-12-11/h1,3-4,7-10,13-14,17-18H,2,5-6,11-12,15H2;8-9,12-15H,4-7,10-11H2,1-3H3;4,8-9,12-15H,1,5-7,10-11H2,2-3H3;4-5,8-12H,1-3,6-7H2. The number of nitrogens with one attached hydrogen (secondary N) is 1. The first-order valence-corrected chi connectivity index (χ1v) is 28.4. The van der Waals surface area contributed by atoms with Crippen LogP contribution in [-0.4, -0.2) is 56.8 Å². The van der Waals surface area contributed by atoms with Gasteiger partial charge in [-0.1, -0.05) is 183 Å². The second-order valence-electron chi connectivity index (χ2n) is 22.7. The molecule has 0 saturated heterocycles. The Morgan fingerprint density at radius 1 is 0.556 bits per heavy atom. The number of rotatable bonds is 10. The van der Waals surface area contributed by atoms with Crippen molar-refractivity contribution in [3.8, 4) is 0 Å². The number of allylic oxidation sites excluding steroid dienone is 8. The van der Waals surface area contributed by atoms with Gasteiger partial charge in [-0.25, -0.2) is 4.79 Å². The molecular formula is C64H92N4O4. The molecule has 392 valence electrons. The average Bonchev–Trinajstić information content (AvgIpc) is 3.46. The molecule has 4 aliphatic carbocycles. The Bertz CT molecular complexity index is 2080. The van der Waals surface area contributed by atoms with Crippen LogP contribution in [0.4, 0.5) is 4.79 Å². The number of amides is 3. The lowest BCUT2D eigenvalue weighted by Crippen LogP contribution is -2.46. The molecule has 8 aliphatic rings. The van der Waals surface area contributed by atoms with Crippen molar-refractivity contribution in [3.05, 3.63) is 146 Å². The minimum Gasteiger partial charge on any atom is -0.444 e. The first-order valence-electron chi connectivity index (χ1n) is 28.4. The van der Waals surface area contributed by atoms with E-state index in [0.717, 1.165) is 17.9 Å². The predicted octanol–water partition coefficient (Wildman–Crippen LogP) is 15.6. The van der Waals surface area contributed by atoms with E-state index >= 15 is 0 Å². The summed E-state index contributed by atoms with van der Waals surface area (Å²) in [5, 5.41) is 3.42. The number of ether oxygens (including phenoxy) is 1. The van der Waals surface area contributed by atoms with Crippen molar-refractivity contribution in [1.29, 1.82) is 0 Å². The highest BCUT2D eigenvalue weighted by Crippen LogP contribution is 2.36. The number of carbonyl (C=O) groups is 3. The molecule has 9 rings (SSSR count). The zero-order valence-corrected chi connectivity index (χ0v) is 45.1. The third-order valence-electron chi connectivity index (χ3n) is 16.7. The van der Waals surface area contributed by atoms with Crippen LogP contribution in [0.25, 0.3) is 0 Å². The molecule has 1 aromatic rings. The quantitative estimate of drug-likeness (QED) is 0.236. The number of benzene rings is 1. The molecule has 0 radical (unpaired) electrons. The van der Waals surface area contributed by atoms with Gasteiger partial charge in [0.2, 0.25) is 11.8 Å². The van der Waals surface area contributed by atoms with Gasteiger partial charge in [0.25, 0.3) is 0 Å². The highest BCUT2D eigenvalue weighted by molar-refractivity contribution is 5.85. The highest BCUT2D eigenvalue weighted by Gasteiger charge is 2.38. The van der Waals surface area contributed by atoms with Crippen molar-refractivity contribution in [2.24, 2.45) is 34.5 Å². The molecule has 4 saturated carbocycles. The second kappa shape index (κ2) is 29.0. The van der Waals surface area contributed by atoms with Gasteiger partial charge in [0, 0.05) is 30.1 Å². The number of hydrogen-bond acceptors (Lipinski definition) is 5. The van der Waals surface area contributed by atoms with Gasteiger partial charge >= 0.3 is 6.09 Å². The van der Waals surface area contributed by atoms with Gasteiger partial charge in [0.1, 0.15) is 6.61 Å². The van der Waals surface area contributed by atoms with Gasteiger partial charge < -0.3 is 19.9 Å². The molecular weight excluding hydrogens is 889 g/mol. The summed E-state index contributed by atoms with van der Waals surface area (Å²) in [6.07, 6.45) is 61.7.